The average Bonchev–Trinajstić information content (AvgIpc) is 3.67. The van der Waals surface area contributed by atoms with Crippen LogP contribution in [0.1, 0.15) is 77.4 Å². The minimum Gasteiger partial charge on any atom is -0.455 e. The summed E-state index contributed by atoms with van der Waals surface area (Å²) < 4.78 is 13.0. The predicted molar refractivity (Wildman–Crippen MR) is 187 cm³/mol. The van der Waals surface area contributed by atoms with Gasteiger partial charge in [-0.15, -0.1) is 13.2 Å². The Morgan fingerprint density at radius 3 is 2.44 bits per heavy atom. The number of aliphatic hydroxyl groups is 1. The molecule has 3 saturated heterocycles. The van der Waals surface area contributed by atoms with E-state index in [0.717, 1.165) is 18.4 Å². The highest BCUT2D eigenvalue weighted by Crippen LogP contribution is 2.60. The van der Waals surface area contributed by atoms with E-state index in [0.29, 0.717) is 38.8 Å². The quantitative estimate of drug-likeness (QED) is 0.0999. The third-order valence-electron chi connectivity index (χ3n) is 10.2. The Kier molecular flexibility index (Phi) is 13.1. The van der Waals surface area contributed by atoms with E-state index in [9.17, 15) is 24.3 Å². The molecule has 48 heavy (non-hydrogen) atoms. The number of halogens is 1. The van der Waals surface area contributed by atoms with Crippen molar-refractivity contribution >= 4 is 39.6 Å². The van der Waals surface area contributed by atoms with Gasteiger partial charge in [0.25, 0.3) is 0 Å². The van der Waals surface area contributed by atoms with Crippen molar-refractivity contribution in [1.82, 2.24) is 14.7 Å². The Bertz CT molecular complexity index is 1330. The minimum absolute atomic E-state index is 0.0988. The third kappa shape index (κ3) is 7.43. The van der Waals surface area contributed by atoms with Gasteiger partial charge in [0.05, 0.1) is 24.0 Å². The fourth-order valence-electron chi connectivity index (χ4n) is 7.64. The highest BCUT2D eigenvalue weighted by molar-refractivity contribution is 9.09. The number of amides is 3. The second-order valence-electron chi connectivity index (χ2n) is 13.5. The Balaban J connectivity index is 1.69. The van der Waals surface area contributed by atoms with Gasteiger partial charge < -0.3 is 29.3 Å². The number of carbonyl (C=O) groups is 4. The van der Waals surface area contributed by atoms with Gasteiger partial charge in [0.2, 0.25) is 17.7 Å². The van der Waals surface area contributed by atoms with Crippen LogP contribution in [0, 0.1) is 11.8 Å². The fraction of sp³-hybridized carbons (Fsp3) is 0.622. The molecule has 1 spiro atoms. The van der Waals surface area contributed by atoms with E-state index < -0.39 is 47.7 Å². The number of likely N-dealkylation sites (tertiary alicyclic amines) is 1. The van der Waals surface area contributed by atoms with Crippen molar-refractivity contribution < 1.29 is 33.8 Å². The Hall–Kier alpha value is -3.02. The van der Waals surface area contributed by atoms with Crippen molar-refractivity contribution in [2.24, 2.45) is 11.8 Å². The van der Waals surface area contributed by atoms with Gasteiger partial charge in [0, 0.05) is 44.0 Å². The molecule has 0 aromatic heterocycles. The SMILES string of the molecule is C=CCCC(=O)N(C)[C@@H](C)[C@@H](OC(=O)[C@@H]1[C@H]2O[C@@]3(CC2Br)[C@H](C(=O)N(CC=C)C(C)C)N(CCCCCCO)C(=O)[C@@H]13)c1ccccc1. The number of esters is 1. The number of aliphatic hydroxyl groups excluding tert-OH is 1. The number of likely N-dealkylation sites (N-methyl/N-ethyl adjacent to an activating group) is 1. The van der Waals surface area contributed by atoms with E-state index in [1.807, 2.05) is 51.1 Å². The number of hydrogen-bond donors (Lipinski definition) is 1. The summed E-state index contributed by atoms with van der Waals surface area (Å²) in [6.07, 6.45) is 6.02. The van der Waals surface area contributed by atoms with E-state index in [4.69, 9.17) is 9.47 Å². The maximum absolute atomic E-state index is 14.5. The number of carbonyl (C=O) groups excluding carboxylic acids is 4. The Morgan fingerprint density at radius 2 is 1.81 bits per heavy atom. The van der Waals surface area contributed by atoms with Crippen LogP contribution in [0.2, 0.25) is 0 Å². The summed E-state index contributed by atoms with van der Waals surface area (Å²) in [7, 11) is 1.70. The minimum atomic E-state index is -1.21. The van der Waals surface area contributed by atoms with E-state index in [1.165, 1.54) is 0 Å². The summed E-state index contributed by atoms with van der Waals surface area (Å²) in [5.74, 6) is -3.02. The standard InChI is InChI=1S/C37H52BrN3O7/c1-7-9-19-28(43)39(6)25(5)31(26-17-13-12-14-18-26)47-36(46)29-30-34(44)41(21-15-10-11-16-22-42)33(35(45)40(20-8-2)24(3)4)37(30)23-27(38)32(29)48-37/h7-8,12-14,17-18,24-25,27,29-33,42H,1-2,9-11,15-16,19-23H2,3-6H3/t25-,27?,29-,30+,31+,32-,33-,37+/m0/s1. The molecule has 0 aliphatic carbocycles. The smallest absolute Gasteiger partial charge is 0.313 e. The molecule has 264 valence electrons. The van der Waals surface area contributed by atoms with E-state index in [2.05, 4.69) is 29.1 Å². The van der Waals surface area contributed by atoms with Gasteiger partial charge in [0.15, 0.2) is 0 Å². The summed E-state index contributed by atoms with van der Waals surface area (Å²) in [5, 5.41) is 9.23. The lowest BCUT2D eigenvalue weighted by Crippen LogP contribution is -2.58. The van der Waals surface area contributed by atoms with Crippen LogP contribution < -0.4 is 0 Å². The van der Waals surface area contributed by atoms with Crippen LogP contribution in [0.25, 0.3) is 0 Å². The monoisotopic (exact) mass is 729 g/mol. The average molecular weight is 731 g/mol. The molecule has 0 radical (unpaired) electrons. The number of alkyl halides is 1. The maximum Gasteiger partial charge on any atom is 0.313 e. The molecule has 11 heteroatoms. The highest BCUT2D eigenvalue weighted by atomic mass is 79.9. The van der Waals surface area contributed by atoms with E-state index in [-0.39, 0.29) is 41.6 Å². The van der Waals surface area contributed by atoms with Gasteiger partial charge in [0.1, 0.15) is 17.7 Å². The topological polar surface area (TPSA) is 117 Å². The van der Waals surface area contributed by atoms with Crippen molar-refractivity contribution in [2.45, 2.75) is 106 Å². The fourth-order valence-corrected chi connectivity index (χ4v) is 8.58. The number of benzene rings is 1. The number of hydrogen-bond acceptors (Lipinski definition) is 7. The summed E-state index contributed by atoms with van der Waals surface area (Å²) in [6, 6.07) is 7.73. The summed E-state index contributed by atoms with van der Waals surface area (Å²) in [5.41, 5.74) is -0.482. The van der Waals surface area contributed by atoms with Gasteiger partial charge in [-0.1, -0.05) is 71.3 Å². The second-order valence-corrected chi connectivity index (χ2v) is 14.7. The molecule has 3 fully saturated rings. The van der Waals surface area contributed by atoms with Crippen molar-refractivity contribution in [3.8, 4) is 0 Å². The normalized spacial score (nSPS) is 27.0. The van der Waals surface area contributed by atoms with Gasteiger partial charge >= 0.3 is 5.97 Å². The van der Waals surface area contributed by atoms with Gasteiger partial charge in [-0.3, -0.25) is 19.2 Å². The molecular formula is C37H52BrN3O7. The van der Waals surface area contributed by atoms with Crippen molar-refractivity contribution in [3.05, 3.63) is 61.2 Å². The van der Waals surface area contributed by atoms with Crippen LogP contribution in [-0.4, -0.2) is 105 Å². The number of fused-ring (bicyclic) bond motifs is 1. The first-order valence-electron chi connectivity index (χ1n) is 17.2. The molecular weight excluding hydrogens is 678 g/mol. The maximum atomic E-state index is 14.5. The van der Waals surface area contributed by atoms with Crippen molar-refractivity contribution in [3.63, 3.8) is 0 Å². The molecule has 3 aliphatic rings. The van der Waals surface area contributed by atoms with Crippen LogP contribution in [0.3, 0.4) is 0 Å². The predicted octanol–water partition coefficient (Wildman–Crippen LogP) is 4.81. The molecule has 2 bridgehead atoms. The molecule has 0 saturated carbocycles. The molecule has 3 heterocycles. The molecule has 10 nitrogen and oxygen atoms in total. The lowest BCUT2D eigenvalue weighted by atomic mass is 9.70. The first-order valence-corrected chi connectivity index (χ1v) is 18.1. The number of unbranched alkanes of at least 4 members (excludes halogenated alkanes) is 3. The van der Waals surface area contributed by atoms with Crippen LogP contribution in [0.15, 0.2) is 55.6 Å². The lowest BCUT2D eigenvalue weighted by Gasteiger charge is -2.38. The molecule has 1 aromatic rings. The zero-order valence-corrected chi connectivity index (χ0v) is 30.3. The number of rotatable bonds is 18. The Labute approximate surface area is 293 Å². The lowest BCUT2D eigenvalue weighted by molar-refractivity contribution is -0.164. The highest BCUT2D eigenvalue weighted by Gasteiger charge is 2.77. The molecule has 1 N–H and O–H groups in total. The molecule has 1 unspecified atom stereocenters. The number of ether oxygens (including phenoxy) is 2. The van der Waals surface area contributed by atoms with E-state index in [1.54, 1.807) is 33.9 Å². The van der Waals surface area contributed by atoms with Crippen LogP contribution in [0.4, 0.5) is 0 Å². The van der Waals surface area contributed by atoms with E-state index >= 15 is 0 Å². The zero-order valence-electron chi connectivity index (χ0n) is 28.8. The molecule has 3 amide bonds. The molecule has 3 aliphatic heterocycles. The van der Waals surface area contributed by atoms with Crippen LogP contribution in [-0.2, 0) is 28.7 Å². The van der Waals surface area contributed by atoms with Crippen molar-refractivity contribution in [2.75, 3.05) is 26.7 Å². The van der Waals surface area contributed by atoms with Gasteiger partial charge in [-0.05, 0) is 52.0 Å². The largest absolute Gasteiger partial charge is 0.455 e. The van der Waals surface area contributed by atoms with Gasteiger partial charge in [-0.2, -0.15) is 0 Å². The summed E-state index contributed by atoms with van der Waals surface area (Å²) in [6.45, 7) is 14.0. The third-order valence-corrected chi connectivity index (χ3v) is 11.1. The Morgan fingerprint density at radius 1 is 1.12 bits per heavy atom. The first-order chi connectivity index (χ1) is 22.9. The summed E-state index contributed by atoms with van der Waals surface area (Å²) >= 11 is 3.75. The van der Waals surface area contributed by atoms with Crippen molar-refractivity contribution in [1.29, 1.82) is 0 Å². The molecule has 8 atom stereocenters. The second kappa shape index (κ2) is 16.6. The number of allylic oxidation sites excluding steroid dienone is 1. The van der Waals surface area contributed by atoms with Crippen LogP contribution in [0.5, 0.6) is 0 Å². The zero-order chi connectivity index (χ0) is 35.2. The van der Waals surface area contributed by atoms with Gasteiger partial charge in [-0.25, -0.2) is 0 Å². The van der Waals surface area contributed by atoms with Crippen LogP contribution >= 0.6 is 15.9 Å². The first kappa shape index (κ1) is 37.8. The summed E-state index contributed by atoms with van der Waals surface area (Å²) in [4.78, 5) is 61.0. The molecule has 1 aromatic carbocycles. The molecule has 4 rings (SSSR count). The number of nitrogens with zero attached hydrogens (tertiary/aromatic N) is 3.